The zero-order valence-electron chi connectivity index (χ0n) is 19.9. The molecule has 176 valence electrons. The fourth-order valence-corrected chi connectivity index (χ4v) is 4.33. The smallest absolute Gasteiger partial charge is 0.261 e. The molecule has 0 saturated heterocycles. The minimum Gasteiger partial charge on any atom is -0.481 e. The highest BCUT2D eigenvalue weighted by Gasteiger charge is 2.37. The highest BCUT2D eigenvalue weighted by atomic mass is 19.1. The molecule has 33 heavy (non-hydrogen) atoms. The molecule has 1 heterocycles. The number of fused-ring (bicyclic) bond motifs is 1. The number of nitrogens with zero attached hydrogens (tertiary/aromatic N) is 1. The van der Waals surface area contributed by atoms with E-state index in [2.05, 4.69) is 5.32 Å². The fraction of sp³-hybridized carbons (Fsp3) is 0.481. The van der Waals surface area contributed by atoms with Crippen molar-refractivity contribution in [2.45, 2.75) is 71.6 Å². The van der Waals surface area contributed by atoms with Gasteiger partial charge in [0.05, 0.1) is 6.04 Å². The van der Waals surface area contributed by atoms with Crippen LogP contribution in [0.4, 0.5) is 4.39 Å². The van der Waals surface area contributed by atoms with Gasteiger partial charge in [0.25, 0.3) is 5.91 Å². The monoisotopic (exact) mass is 452 g/mol. The topological polar surface area (TPSA) is 58.6 Å². The van der Waals surface area contributed by atoms with Crippen molar-refractivity contribution in [1.29, 1.82) is 0 Å². The summed E-state index contributed by atoms with van der Waals surface area (Å²) in [5.74, 6) is 0.248. The molecular weight excluding hydrogens is 419 g/mol. The summed E-state index contributed by atoms with van der Waals surface area (Å²) >= 11 is 0. The van der Waals surface area contributed by atoms with Crippen LogP contribution in [-0.4, -0.2) is 35.4 Å². The molecule has 1 fully saturated rings. The van der Waals surface area contributed by atoms with Crippen LogP contribution < -0.4 is 10.1 Å². The highest BCUT2D eigenvalue weighted by molar-refractivity contribution is 5.83. The Labute approximate surface area is 195 Å². The average Bonchev–Trinajstić information content (AvgIpc) is 3.60. The SMILES string of the molecule is CC[C@@H](Oc1ccc2c(c1)[C@H](c1ccc(F)cc1)N(C(=O)C(C)(C)C)CC2)C(=O)NC1CC1. The van der Waals surface area contributed by atoms with Gasteiger partial charge in [0.15, 0.2) is 6.10 Å². The van der Waals surface area contributed by atoms with Crippen molar-refractivity contribution in [2.75, 3.05) is 6.54 Å². The van der Waals surface area contributed by atoms with Gasteiger partial charge in [0.1, 0.15) is 11.6 Å². The summed E-state index contributed by atoms with van der Waals surface area (Å²) in [6.45, 7) is 8.26. The Balaban J connectivity index is 1.69. The zero-order valence-corrected chi connectivity index (χ0v) is 19.9. The Morgan fingerprint density at radius 2 is 1.85 bits per heavy atom. The quantitative estimate of drug-likeness (QED) is 0.686. The number of ether oxygens (including phenoxy) is 1. The van der Waals surface area contributed by atoms with Crippen LogP contribution in [0.1, 0.15) is 69.7 Å². The van der Waals surface area contributed by atoms with E-state index < -0.39 is 11.5 Å². The third kappa shape index (κ3) is 5.21. The van der Waals surface area contributed by atoms with Gasteiger partial charge in [-0.2, -0.15) is 0 Å². The van der Waals surface area contributed by atoms with Crippen molar-refractivity contribution < 1.29 is 18.7 Å². The minimum absolute atomic E-state index is 0.0454. The number of hydrogen-bond donors (Lipinski definition) is 1. The lowest BCUT2D eigenvalue weighted by Crippen LogP contribution is -2.45. The summed E-state index contributed by atoms with van der Waals surface area (Å²) in [6, 6.07) is 12.1. The normalized spacial score (nSPS) is 18.9. The van der Waals surface area contributed by atoms with E-state index in [4.69, 9.17) is 4.74 Å². The zero-order chi connectivity index (χ0) is 23.8. The molecular formula is C27H33FN2O3. The van der Waals surface area contributed by atoms with E-state index in [0.717, 1.165) is 36.0 Å². The van der Waals surface area contributed by atoms with Crippen LogP contribution in [0.25, 0.3) is 0 Å². The molecule has 0 unspecified atom stereocenters. The number of carbonyl (C=O) groups excluding carboxylic acids is 2. The third-order valence-corrected chi connectivity index (χ3v) is 6.30. The second-order valence-corrected chi connectivity index (χ2v) is 10.1. The van der Waals surface area contributed by atoms with Gasteiger partial charge < -0.3 is 15.0 Å². The molecule has 4 rings (SSSR count). The van der Waals surface area contributed by atoms with Gasteiger partial charge in [-0.15, -0.1) is 0 Å². The van der Waals surface area contributed by atoms with Crippen LogP contribution in [0, 0.1) is 11.2 Å². The molecule has 5 nitrogen and oxygen atoms in total. The second kappa shape index (κ2) is 9.16. The molecule has 2 aromatic carbocycles. The van der Waals surface area contributed by atoms with E-state index in [-0.39, 0.29) is 29.7 Å². The molecule has 1 N–H and O–H groups in total. The number of amides is 2. The minimum atomic E-state index is -0.566. The standard InChI is InChI=1S/C27H33FN2O3/c1-5-23(25(31)29-20-11-12-20)33-21-13-8-17-14-15-30(26(32)27(2,3)4)24(22(17)16-21)18-6-9-19(28)10-7-18/h6-10,13,16,20,23-24H,5,11-12,14-15H2,1-4H3,(H,29,31)/t23-,24+/m1/s1. The molecule has 2 amide bonds. The molecule has 6 heteroatoms. The van der Waals surface area contributed by atoms with E-state index >= 15 is 0 Å². The summed E-state index contributed by atoms with van der Waals surface area (Å²) in [4.78, 5) is 27.8. The van der Waals surface area contributed by atoms with Crippen molar-refractivity contribution >= 4 is 11.8 Å². The Morgan fingerprint density at radius 3 is 2.45 bits per heavy atom. The lowest BCUT2D eigenvalue weighted by atomic mass is 9.85. The lowest BCUT2D eigenvalue weighted by molar-refractivity contribution is -0.141. The van der Waals surface area contributed by atoms with E-state index in [1.54, 1.807) is 12.1 Å². The number of halogens is 1. The average molecular weight is 453 g/mol. The van der Waals surface area contributed by atoms with Crippen LogP contribution in [0.2, 0.25) is 0 Å². The highest BCUT2D eigenvalue weighted by Crippen LogP contribution is 2.39. The van der Waals surface area contributed by atoms with Crippen LogP contribution in [0.5, 0.6) is 5.75 Å². The van der Waals surface area contributed by atoms with Gasteiger partial charge in [0.2, 0.25) is 5.91 Å². The second-order valence-electron chi connectivity index (χ2n) is 10.1. The van der Waals surface area contributed by atoms with Gasteiger partial charge in [-0.1, -0.05) is 45.9 Å². The van der Waals surface area contributed by atoms with Crippen LogP contribution in [-0.2, 0) is 16.0 Å². The molecule has 0 spiro atoms. The molecule has 2 aliphatic rings. The number of carbonyl (C=O) groups is 2. The first-order valence-electron chi connectivity index (χ1n) is 11.8. The Morgan fingerprint density at radius 1 is 1.15 bits per heavy atom. The summed E-state index contributed by atoms with van der Waals surface area (Å²) < 4.78 is 19.8. The first-order valence-corrected chi connectivity index (χ1v) is 11.8. The van der Waals surface area contributed by atoms with E-state index in [9.17, 15) is 14.0 Å². The van der Waals surface area contributed by atoms with Gasteiger partial charge in [-0.05, 0) is 66.6 Å². The summed E-state index contributed by atoms with van der Waals surface area (Å²) in [5, 5.41) is 3.01. The summed E-state index contributed by atoms with van der Waals surface area (Å²) in [6.07, 6.45) is 2.78. The van der Waals surface area contributed by atoms with Crippen LogP contribution in [0.15, 0.2) is 42.5 Å². The largest absolute Gasteiger partial charge is 0.481 e. The van der Waals surface area contributed by atoms with Crippen molar-refractivity contribution in [3.63, 3.8) is 0 Å². The van der Waals surface area contributed by atoms with Crippen LogP contribution >= 0.6 is 0 Å². The lowest BCUT2D eigenvalue weighted by Gasteiger charge is -2.41. The number of rotatable bonds is 6. The maximum Gasteiger partial charge on any atom is 0.261 e. The number of benzene rings is 2. The van der Waals surface area contributed by atoms with Crippen molar-refractivity contribution in [3.05, 3.63) is 65.0 Å². The Hall–Kier alpha value is -2.89. The van der Waals surface area contributed by atoms with Gasteiger partial charge in [-0.3, -0.25) is 9.59 Å². The van der Waals surface area contributed by atoms with Gasteiger partial charge in [0, 0.05) is 18.0 Å². The van der Waals surface area contributed by atoms with Crippen LogP contribution in [0.3, 0.4) is 0 Å². The van der Waals surface area contributed by atoms with E-state index in [0.29, 0.717) is 18.7 Å². The van der Waals surface area contributed by atoms with Gasteiger partial charge >= 0.3 is 0 Å². The molecule has 2 atom stereocenters. The number of hydrogen-bond acceptors (Lipinski definition) is 3. The first kappa shape index (κ1) is 23.3. The number of nitrogens with one attached hydrogen (secondary N) is 1. The Bertz CT molecular complexity index is 1020. The molecule has 0 radical (unpaired) electrons. The molecule has 0 aromatic heterocycles. The molecule has 1 aliphatic heterocycles. The van der Waals surface area contributed by atoms with E-state index in [1.165, 1.54) is 12.1 Å². The van der Waals surface area contributed by atoms with Crippen molar-refractivity contribution in [3.8, 4) is 5.75 Å². The van der Waals surface area contributed by atoms with Crippen molar-refractivity contribution in [2.24, 2.45) is 5.41 Å². The fourth-order valence-electron chi connectivity index (χ4n) is 4.33. The van der Waals surface area contributed by atoms with E-state index in [1.807, 2.05) is 50.8 Å². The summed E-state index contributed by atoms with van der Waals surface area (Å²) in [5.41, 5.74) is 2.40. The molecule has 1 aliphatic carbocycles. The first-order chi connectivity index (χ1) is 15.7. The maximum atomic E-state index is 13.7. The Kier molecular flexibility index (Phi) is 6.46. The van der Waals surface area contributed by atoms with Crippen molar-refractivity contribution in [1.82, 2.24) is 10.2 Å². The predicted octanol–water partition coefficient (Wildman–Crippen LogP) is 4.78. The third-order valence-electron chi connectivity index (χ3n) is 6.30. The maximum absolute atomic E-state index is 13.7. The molecule has 1 saturated carbocycles. The van der Waals surface area contributed by atoms with Gasteiger partial charge in [-0.25, -0.2) is 4.39 Å². The summed E-state index contributed by atoms with van der Waals surface area (Å²) in [7, 11) is 0. The molecule has 2 aromatic rings. The predicted molar refractivity (Wildman–Crippen MR) is 125 cm³/mol. The molecule has 0 bridgehead atoms.